The third-order valence-electron chi connectivity index (χ3n) is 2.38. The Morgan fingerprint density at radius 2 is 1.90 bits per heavy atom. The molecule has 0 unspecified atom stereocenters. The quantitative estimate of drug-likeness (QED) is 0.613. The van der Waals surface area contributed by atoms with Crippen molar-refractivity contribution in [2.24, 2.45) is 4.99 Å². The summed E-state index contributed by atoms with van der Waals surface area (Å²) < 4.78 is 5.56. The fourth-order valence-corrected chi connectivity index (χ4v) is 1.90. The number of nitrogens with zero attached hydrogens (tertiary/aromatic N) is 2. The second kappa shape index (κ2) is 6.23. The summed E-state index contributed by atoms with van der Waals surface area (Å²) in [5, 5.41) is 9.37. The minimum absolute atomic E-state index is 0.294. The first kappa shape index (κ1) is 14.1. The van der Waals surface area contributed by atoms with Gasteiger partial charge in [0.25, 0.3) is 0 Å². The number of halogens is 2. The van der Waals surface area contributed by atoms with Crippen molar-refractivity contribution >= 4 is 35.0 Å². The average Bonchev–Trinajstić information content (AvgIpc) is 2.42. The van der Waals surface area contributed by atoms with E-state index in [0.717, 1.165) is 0 Å². The zero-order chi connectivity index (χ0) is 14.5. The number of aliphatic imine (C=N–C) groups is 1. The van der Waals surface area contributed by atoms with E-state index in [4.69, 9.17) is 33.2 Å². The lowest BCUT2D eigenvalue weighted by Crippen LogP contribution is -1.86. The molecule has 2 rings (SSSR count). The number of hydrogen-bond donors (Lipinski definition) is 0. The molecule has 2 aromatic carbocycles. The van der Waals surface area contributed by atoms with Gasteiger partial charge in [0.05, 0.1) is 21.3 Å². The zero-order valence-corrected chi connectivity index (χ0v) is 11.4. The van der Waals surface area contributed by atoms with Crippen LogP contribution < -0.4 is 4.74 Å². The number of ether oxygens (including phenoxy) is 1. The zero-order valence-electron chi connectivity index (χ0n) is 9.93. The van der Waals surface area contributed by atoms with Crippen molar-refractivity contribution < 1.29 is 9.53 Å². The van der Waals surface area contributed by atoms with Crippen LogP contribution in [0.5, 0.6) is 11.5 Å². The van der Waals surface area contributed by atoms with Crippen LogP contribution in [0.15, 0.2) is 41.4 Å². The van der Waals surface area contributed by atoms with Crippen LogP contribution in [0.1, 0.15) is 5.56 Å². The Bertz CT molecular complexity index is 747. The van der Waals surface area contributed by atoms with Crippen LogP contribution in [0, 0.1) is 11.3 Å². The van der Waals surface area contributed by atoms with Gasteiger partial charge in [-0.25, -0.2) is 4.79 Å². The van der Waals surface area contributed by atoms with E-state index in [1.807, 2.05) is 6.07 Å². The van der Waals surface area contributed by atoms with Crippen molar-refractivity contribution in [1.82, 2.24) is 0 Å². The Kier molecular flexibility index (Phi) is 4.39. The molecule has 0 spiro atoms. The van der Waals surface area contributed by atoms with Crippen LogP contribution in [0.2, 0.25) is 10.0 Å². The summed E-state index contributed by atoms with van der Waals surface area (Å²) in [7, 11) is 0. The van der Waals surface area contributed by atoms with Crippen molar-refractivity contribution in [1.29, 1.82) is 5.26 Å². The van der Waals surface area contributed by atoms with Crippen LogP contribution in [-0.2, 0) is 4.79 Å². The van der Waals surface area contributed by atoms with Gasteiger partial charge in [0.2, 0.25) is 6.08 Å². The van der Waals surface area contributed by atoms with E-state index >= 15 is 0 Å². The molecule has 6 heteroatoms. The highest BCUT2D eigenvalue weighted by atomic mass is 35.5. The Balaban J connectivity index is 2.28. The molecule has 0 fully saturated rings. The van der Waals surface area contributed by atoms with Crippen molar-refractivity contribution in [3.05, 3.63) is 52.0 Å². The number of rotatable bonds is 3. The molecule has 98 valence electrons. The van der Waals surface area contributed by atoms with Gasteiger partial charge in [-0.05, 0) is 30.3 Å². The lowest BCUT2D eigenvalue weighted by atomic mass is 10.2. The molecule has 0 aliphatic carbocycles. The molecule has 0 saturated heterocycles. The van der Waals surface area contributed by atoms with E-state index in [2.05, 4.69) is 4.99 Å². The number of isocyanates is 1. The van der Waals surface area contributed by atoms with Gasteiger partial charge >= 0.3 is 0 Å². The van der Waals surface area contributed by atoms with E-state index in [1.54, 1.807) is 24.3 Å². The molecule has 0 saturated carbocycles. The molecule has 0 N–H and O–H groups in total. The highest BCUT2D eigenvalue weighted by molar-refractivity contribution is 6.32. The fourth-order valence-electron chi connectivity index (χ4n) is 1.47. The van der Waals surface area contributed by atoms with Gasteiger partial charge in [0.1, 0.15) is 17.6 Å². The van der Waals surface area contributed by atoms with Crippen LogP contribution >= 0.6 is 23.2 Å². The lowest BCUT2D eigenvalue weighted by molar-refractivity contribution is 0.483. The van der Waals surface area contributed by atoms with Crippen LogP contribution in [-0.4, -0.2) is 6.08 Å². The predicted molar refractivity (Wildman–Crippen MR) is 75.5 cm³/mol. The standard InChI is InChI=1S/C14H6Cl2N2O2/c15-12-6-11(3-1-9(12)7-17)20-14-4-2-10(18-8-19)5-13(14)16/h1-6H. The van der Waals surface area contributed by atoms with Gasteiger partial charge < -0.3 is 4.74 Å². The molecule has 2 aromatic rings. The second-order valence-electron chi connectivity index (χ2n) is 3.67. The number of nitriles is 1. The Morgan fingerprint density at radius 1 is 1.10 bits per heavy atom. The maximum atomic E-state index is 10.2. The van der Waals surface area contributed by atoms with Crippen molar-refractivity contribution in [2.45, 2.75) is 0 Å². The second-order valence-corrected chi connectivity index (χ2v) is 4.49. The maximum Gasteiger partial charge on any atom is 0.240 e. The van der Waals surface area contributed by atoms with Gasteiger partial charge in [0, 0.05) is 6.07 Å². The monoisotopic (exact) mass is 304 g/mol. The molecule has 0 heterocycles. The first-order valence-corrected chi connectivity index (χ1v) is 6.14. The molecular weight excluding hydrogens is 299 g/mol. The molecule has 0 aliphatic heterocycles. The van der Waals surface area contributed by atoms with Crippen molar-refractivity contribution in [3.8, 4) is 17.6 Å². The molecule has 0 atom stereocenters. The van der Waals surface area contributed by atoms with E-state index < -0.39 is 0 Å². The van der Waals surface area contributed by atoms with Gasteiger partial charge in [0.15, 0.2) is 0 Å². The summed E-state index contributed by atoms with van der Waals surface area (Å²) >= 11 is 11.9. The van der Waals surface area contributed by atoms with Gasteiger partial charge in [-0.15, -0.1) is 0 Å². The summed E-state index contributed by atoms with van der Waals surface area (Å²) in [4.78, 5) is 13.6. The minimum atomic E-state index is 0.294. The Hall–Kier alpha value is -2.31. The molecule has 4 nitrogen and oxygen atoms in total. The van der Waals surface area contributed by atoms with Crippen LogP contribution in [0.4, 0.5) is 5.69 Å². The molecule has 20 heavy (non-hydrogen) atoms. The lowest BCUT2D eigenvalue weighted by Gasteiger charge is -2.08. The Morgan fingerprint density at radius 3 is 2.50 bits per heavy atom. The summed E-state index contributed by atoms with van der Waals surface area (Å²) in [6, 6.07) is 11.3. The maximum absolute atomic E-state index is 10.2. The fraction of sp³-hybridized carbons (Fsp3) is 0. The molecule has 0 aromatic heterocycles. The van der Waals surface area contributed by atoms with E-state index in [1.165, 1.54) is 18.2 Å². The van der Waals surface area contributed by atoms with Crippen molar-refractivity contribution in [2.75, 3.05) is 0 Å². The summed E-state index contributed by atoms with van der Waals surface area (Å²) in [6.45, 7) is 0. The Labute approximate surface area is 124 Å². The van der Waals surface area contributed by atoms with E-state index in [-0.39, 0.29) is 0 Å². The molecular formula is C14H6Cl2N2O2. The summed E-state index contributed by atoms with van der Waals surface area (Å²) in [5.41, 5.74) is 0.746. The topological polar surface area (TPSA) is 62.4 Å². The highest BCUT2D eigenvalue weighted by Gasteiger charge is 2.07. The highest BCUT2D eigenvalue weighted by Crippen LogP contribution is 2.33. The van der Waals surface area contributed by atoms with Gasteiger partial charge in [-0.3, -0.25) is 0 Å². The molecule has 0 radical (unpaired) electrons. The third-order valence-corrected chi connectivity index (χ3v) is 2.99. The molecule has 0 aliphatic rings. The van der Waals surface area contributed by atoms with Crippen molar-refractivity contribution in [3.63, 3.8) is 0 Å². The number of hydrogen-bond acceptors (Lipinski definition) is 4. The molecule has 0 amide bonds. The number of carbonyl (C=O) groups excluding carboxylic acids is 1. The van der Waals surface area contributed by atoms with Gasteiger partial charge in [-0.1, -0.05) is 23.2 Å². The van der Waals surface area contributed by atoms with Crippen LogP contribution in [0.3, 0.4) is 0 Å². The summed E-state index contributed by atoms with van der Waals surface area (Å²) in [5.74, 6) is 0.833. The first-order chi connectivity index (χ1) is 9.63. The SMILES string of the molecule is N#Cc1ccc(Oc2ccc(N=C=O)cc2Cl)cc1Cl. The van der Waals surface area contributed by atoms with Crippen LogP contribution in [0.25, 0.3) is 0 Å². The predicted octanol–water partition coefficient (Wildman–Crippen LogP) is 4.62. The minimum Gasteiger partial charge on any atom is -0.456 e. The third kappa shape index (κ3) is 3.17. The number of benzene rings is 2. The smallest absolute Gasteiger partial charge is 0.240 e. The largest absolute Gasteiger partial charge is 0.456 e. The normalized spacial score (nSPS) is 9.45. The first-order valence-electron chi connectivity index (χ1n) is 5.39. The van der Waals surface area contributed by atoms with Gasteiger partial charge in [-0.2, -0.15) is 10.3 Å². The molecule has 0 bridgehead atoms. The van der Waals surface area contributed by atoms with E-state index in [0.29, 0.717) is 32.8 Å². The summed E-state index contributed by atoms with van der Waals surface area (Å²) in [6.07, 6.45) is 1.43. The van der Waals surface area contributed by atoms with E-state index in [9.17, 15) is 4.79 Å². The average molecular weight is 305 g/mol.